The molecule has 1 N–H and O–H groups in total. The molecule has 2 rings (SSSR count). The number of carboxylic acids is 1. The number of carbonyl (C=O) groups is 2. The van der Waals surface area contributed by atoms with Crippen molar-refractivity contribution in [2.75, 3.05) is 38.7 Å². The molecule has 0 aromatic carbocycles. The van der Waals surface area contributed by atoms with Gasteiger partial charge in [0.05, 0.1) is 5.56 Å². The van der Waals surface area contributed by atoms with Crippen LogP contribution in [0, 0.1) is 0 Å². The summed E-state index contributed by atoms with van der Waals surface area (Å²) in [5.41, 5.74) is 0.0761. The second kappa shape index (κ2) is 5.69. The second-order valence-corrected chi connectivity index (χ2v) is 5.59. The Morgan fingerprint density at radius 2 is 2.10 bits per heavy atom. The van der Waals surface area contributed by atoms with E-state index in [0.29, 0.717) is 18.7 Å². The molecule has 1 amide bonds. The lowest BCUT2D eigenvalue weighted by Gasteiger charge is -2.47. The monoisotopic (exact) mass is 293 g/mol. The topological polar surface area (TPSA) is 83.0 Å². The molecule has 1 aliphatic rings. The van der Waals surface area contributed by atoms with E-state index in [1.807, 2.05) is 11.8 Å². The zero-order chi connectivity index (χ0) is 15.6. The number of pyridine rings is 1. The maximum absolute atomic E-state index is 11.8. The van der Waals surface area contributed by atoms with Crippen LogP contribution in [-0.2, 0) is 9.53 Å². The quantitative estimate of drug-likeness (QED) is 0.849. The number of carboxylic acid groups (broad SMARTS) is 1. The van der Waals surface area contributed by atoms with E-state index in [1.165, 1.54) is 4.90 Å². The summed E-state index contributed by atoms with van der Waals surface area (Å²) in [6.07, 6.45) is 1.55. The number of aromatic nitrogens is 1. The summed E-state index contributed by atoms with van der Waals surface area (Å²) >= 11 is 0. The van der Waals surface area contributed by atoms with E-state index in [9.17, 15) is 9.59 Å². The van der Waals surface area contributed by atoms with Gasteiger partial charge in [-0.2, -0.15) is 0 Å². The molecule has 1 saturated heterocycles. The summed E-state index contributed by atoms with van der Waals surface area (Å²) in [4.78, 5) is 30.0. The van der Waals surface area contributed by atoms with Crippen LogP contribution in [0.2, 0.25) is 0 Å². The maximum atomic E-state index is 11.8. The molecule has 21 heavy (non-hydrogen) atoms. The average Bonchev–Trinajstić information content (AvgIpc) is 2.41. The van der Waals surface area contributed by atoms with E-state index in [1.54, 1.807) is 32.4 Å². The van der Waals surface area contributed by atoms with Gasteiger partial charge >= 0.3 is 5.97 Å². The van der Waals surface area contributed by atoms with Gasteiger partial charge in [-0.1, -0.05) is 0 Å². The van der Waals surface area contributed by atoms with E-state index < -0.39 is 11.6 Å². The van der Waals surface area contributed by atoms with Crippen LogP contribution in [0.1, 0.15) is 17.3 Å². The molecule has 0 atom stereocenters. The molecular weight excluding hydrogens is 274 g/mol. The molecule has 1 aromatic rings. The first kappa shape index (κ1) is 15.2. The summed E-state index contributed by atoms with van der Waals surface area (Å²) in [7, 11) is 3.38. The van der Waals surface area contributed by atoms with Crippen LogP contribution in [0.3, 0.4) is 0 Å². The molecule has 0 aliphatic carbocycles. The number of anilines is 1. The Morgan fingerprint density at radius 1 is 1.43 bits per heavy atom. The Hall–Kier alpha value is -2.15. The van der Waals surface area contributed by atoms with Crippen LogP contribution in [0.15, 0.2) is 18.3 Å². The smallest absolute Gasteiger partial charge is 0.329 e. The minimum atomic E-state index is -0.973. The van der Waals surface area contributed by atoms with Crippen molar-refractivity contribution in [2.45, 2.75) is 12.5 Å². The average molecular weight is 293 g/mol. The van der Waals surface area contributed by atoms with Gasteiger partial charge in [0.25, 0.3) is 5.91 Å². The molecule has 1 aliphatic heterocycles. The Balaban J connectivity index is 1.93. The minimum Gasteiger partial charge on any atom is -0.480 e. The van der Waals surface area contributed by atoms with E-state index in [2.05, 4.69) is 4.98 Å². The van der Waals surface area contributed by atoms with Gasteiger partial charge < -0.3 is 19.6 Å². The molecule has 114 valence electrons. The predicted molar refractivity (Wildman–Crippen MR) is 76.5 cm³/mol. The predicted octanol–water partition coefficient (Wildman–Crippen LogP) is 0.463. The van der Waals surface area contributed by atoms with Crippen LogP contribution in [0.4, 0.5) is 5.82 Å². The van der Waals surface area contributed by atoms with Crippen molar-refractivity contribution in [1.82, 2.24) is 9.88 Å². The normalized spacial score (nSPS) is 16.2. The number of ether oxygens (including phenoxy) is 1. The number of hydrogen-bond donors (Lipinski definition) is 1. The SMILES string of the molecule is CN(C)C(=O)c1ccc(N2CC(C)(OCC(=O)O)C2)nc1. The van der Waals surface area contributed by atoms with E-state index >= 15 is 0 Å². The van der Waals surface area contributed by atoms with E-state index in [4.69, 9.17) is 9.84 Å². The van der Waals surface area contributed by atoms with Crippen molar-refractivity contribution in [3.05, 3.63) is 23.9 Å². The van der Waals surface area contributed by atoms with Gasteiger partial charge in [0, 0.05) is 33.4 Å². The fourth-order valence-electron chi connectivity index (χ4n) is 2.21. The molecule has 0 radical (unpaired) electrons. The van der Waals surface area contributed by atoms with E-state index in [-0.39, 0.29) is 12.5 Å². The molecule has 0 bridgehead atoms. The second-order valence-electron chi connectivity index (χ2n) is 5.59. The molecule has 7 heteroatoms. The summed E-state index contributed by atoms with van der Waals surface area (Å²) in [6.45, 7) is 2.73. The maximum Gasteiger partial charge on any atom is 0.329 e. The minimum absolute atomic E-state index is 0.0905. The van der Waals surface area contributed by atoms with Crippen LogP contribution in [0.25, 0.3) is 0 Å². The number of carbonyl (C=O) groups excluding carboxylic acids is 1. The zero-order valence-corrected chi connectivity index (χ0v) is 12.4. The third kappa shape index (κ3) is 3.49. The van der Waals surface area contributed by atoms with Gasteiger partial charge in [0.15, 0.2) is 0 Å². The Morgan fingerprint density at radius 3 is 2.57 bits per heavy atom. The molecule has 2 heterocycles. The van der Waals surface area contributed by atoms with Crippen molar-refractivity contribution in [3.8, 4) is 0 Å². The fraction of sp³-hybridized carbons (Fsp3) is 0.500. The lowest BCUT2D eigenvalue weighted by Crippen LogP contribution is -2.62. The van der Waals surface area contributed by atoms with Crippen molar-refractivity contribution in [1.29, 1.82) is 0 Å². The highest BCUT2D eigenvalue weighted by Crippen LogP contribution is 2.28. The summed E-state index contributed by atoms with van der Waals surface area (Å²) in [5, 5.41) is 8.62. The first-order valence-electron chi connectivity index (χ1n) is 6.59. The molecule has 7 nitrogen and oxygen atoms in total. The standard InChI is InChI=1S/C14H19N3O4/c1-14(21-7-12(18)19)8-17(9-14)11-5-4-10(6-15-11)13(20)16(2)3/h4-6H,7-9H2,1-3H3,(H,18,19). The van der Waals surface area contributed by atoms with Crippen LogP contribution < -0.4 is 4.90 Å². The lowest BCUT2D eigenvalue weighted by molar-refractivity contribution is -0.150. The van der Waals surface area contributed by atoms with Crippen LogP contribution >= 0.6 is 0 Å². The number of aliphatic carboxylic acids is 1. The van der Waals surface area contributed by atoms with Gasteiger partial charge in [-0.3, -0.25) is 4.79 Å². The van der Waals surface area contributed by atoms with Gasteiger partial charge in [-0.25, -0.2) is 9.78 Å². The van der Waals surface area contributed by atoms with Gasteiger partial charge in [-0.05, 0) is 19.1 Å². The molecular formula is C14H19N3O4. The number of amides is 1. The third-order valence-electron chi connectivity index (χ3n) is 3.32. The summed E-state index contributed by atoms with van der Waals surface area (Å²) in [6, 6.07) is 3.52. The highest BCUT2D eigenvalue weighted by molar-refractivity contribution is 5.93. The largest absolute Gasteiger partial charge is 0.480 e. The van der Waals surface area contributed by atoms with Gasteiger partial charge in [-0.15, -0.1) is 0 Å². The van der Waals surface area contributed by atoms with Crippen LogP contribution in [0.5, 0.6) is 0 Å². The third-order valence-corrected chi connectivity index (χ3v) is 3.32. The first-order chi connectivity index (χ1) is 9.81. The zero-order valence-electron chi connectivity index (χ0n) is 12.4. The lowest BCUT2D eigenvalue weighted by atomic mass is 9.96. The number of rotatable bonds is 5. The van der Waals surface area contributed by atoms with Gasteiger partial charge in [0.2, 0.25) is 0 Å². The van der Waals surface area contributed by atoms with Gasteiger partial charge in [0.1, 0.15) is 18.0 Å². The first-order valence-corrected chi connectivity index (χ1v) is 6.59. The Bertz CT molecular complexity index is 536. The summed E-state index contributed by atoms with van der Waals surface area (Å²) < 4.78 is 5.34. The van der Waals surface area contributed by atoms with Crippen LogP contribution in [-0.4, -0.2) is 66.3 Å². The molecule has 1 aromatic heterocycles. The Kier molecular flexibility index (Phi) is 4.13. The summed E-state index contributed by atoms with van der Waals surface area (Å²) in [5.74, 6) is -0.312. The highest BCUT2D eigenvalue weighted by Gasteiger charge is 2.40. The van der Waals surface area contributed by atoms with Crippen molar-refractivity contribution in [2.24, 2.45) is 0 Å². The van der Waals surface area contributed by atoms with Crippen molar-refractivity contribution < 1.29 is 19.4 Å². The number of nitrogens with zero attached hydrogens (tertiary/aromatic N) is 3. The molecule has 0 spiro atoms. The molecule has 1 fully saturated rings. The van der Waals surface area contributed by atoms with E-state index in [0.717, 1.165) is 5.82 Å². The molecule has 0 saturated carbocycles. The Labute approximate surface area is 123 Å². The highest BCUT2D eigenvalue weighted by atomic mass is 16.5. The number of hydrogen-bond acceptors (Lipinski definition) is 5. The van der Waals surface area contributed by atoms with Crippen molar-refractivity contribution in [3.63, 3.8) is 0 Å². The fourth-order valence-corrected chi connectivity index (χ4v) is 2.21. The van der Waals surface area contributed by atoms with Crippen molar-refractivity contribution >= 4 is 17.7 Å². The molecule has 0 unspecified atom stereocenters.